The van der Waals surface area contributed by atoms with Crippen LogP contribution in [0.2, 0.25) is 0 Å². The maximum Gasteiger partial charge on any atom is 0.119 e. The molecule has 1 fully saturated rings. The lowest BCUT2D eigenvalue weighted by Gasteiger charge is -2.28. The molecule has 3 nitrogen and oxygen atoms in total. The lowest BCUT2D eigenvalue weighted by molar-refractivity contribution is 0.232. The molecule has 18 heavy (non-hydrogen) atoms. The fourth-order valence-corrected chi connectivity index (χ4v) is 2.55. The zero-order valence-electron chi connectivity index (χ0n) is 11.8. The van der Waals surface area contributed by atoms with Crippen molar-refractivity contribution in [2.45, 2.75) is 27.3 Å². The number of ether oxygens (including phenoxy) is 1. The van der Waals surface area contributed by atoms with Gasteiger partial charge in [0.1, 0.15) is 5.75 Å². The lowest BCUT2D eigenvalue weighted by Crippen LogP contribution is -2.43. The van der Waals surface area contributed by atoms with Crippen LogP contribution in [-0.2, 0) is 6.54 Å². The van der Waals surface area contributed by atoms with Crippen molar-refractivity contribution in [2.24, 2.45) is 0 Å². The van der Waals surface area contributed by atoms with Gasteiger partial charge in [0.15, 0.2) is 0 Å². The molecule has 3 heteroatoms. The smallest absolute Gasteiger partial charge is 0.119 e. The van der Waals surface area contributed by atoms with Gasteiger partial charge in [-0.05, 0) is 49.6 Å². The van der Waals surface area contributed by atoms with Crippen LogP contribution in [0.1, 0.15) is 23.6 Å². The molecule has 0 saturated carbocycles. The first-order valence-electron chi connectivity index (χ1n) is 6.86. The van der Waals surface area contributed by atoms with Crippen LogP contribution in [0.5, 0.6) is 5.75 Å². The molecule has 1 aromatic carbocycles. The molecule has 0 atom stereocenters. The number of piperazine rings is 1. The molecule has 0 aliphatic carbocycles. The predicted octanol–water partition coefficient (Wildman–Crippen LogP) is 2.11. The maximum atomic E-state index is 5.59. The van der Waals surface area contributed by atoms with Crippen molar-refractivity contribution in [3.63, 3.8) is 0 Å². The van der Waals surface area contributed by atoms with Crippen molar-refractivity contribution >= 4 is 0 Å². The van der Waals surface area contributed by atoms with E-state index in [4.69, 9.17) is 4.74 Å². The van der Waals surface area contributed by atoms with Gasteiger partial charge in [-0.3, -0.25) is 4.90 Å². The molecule has 0 amide bonds. The van der Waals surface area contributed by atoms with Crippen molar-refractivity contribution in [1.82, 2.24) is 10.2 Å². The topological polar surface area (TPSA) is 24.5 Å². The summed E-state index contributed by atoms with van der Waals surface area (Å²) in [6.07, 6.45) is 0. The molecular formula is C15H24N2O. The Morgan fingerprint density at radius 2 is 1.78 bits per heavy atom. The summed E-state index contributed by atoms with van der Waals surface area (Å²) in [5.41, 5.74) is 4.15. The minimum absolute atomic E-state index is 0.732. The molecule has 1 aromatic rings. The van der Waals surface area contributed by atoms with E-state index in [1.165, 1.54) is 16.7 Å². The molecule has 1 saturated heterocycles. The number of rotatable bonds is 4. The zero-order chi connectivity index (χ0) is 13.0. The third-order valence-electron chi connectivity index (χ3n) is 3.57. The number of hydrogen-bond acceptors (Lipinski definition) is 3. The first-order valence-corrected chi connectivity index (χ1v) is 6.86. The van der Waals surface area contributed by atoms with E-state index in [2.05, 4.69) is 36.2 Å². The van der Waals surface area contributed by atoms with Crippen LogP contribution in [0.25, 0.3) is 0 Å². The summed E-state index contributed by atoms with van der Waals surface area (Å²) in [5.74, 6) is 0.997. The first-order chi connectivity index (χ1) is 8.70. The Morgan fingerprint density at radius 1 is 1.17 bits per heavy atom. The monoisotopic (exact) mass is 248 g/mol. The molecule has 1 aliphatic heterocycles. The normalized spacial score (nSPS) is 16.8. The minimum atomic E-state index is 0.732. The molecule has 0 spiro atoms. The third-order valence-corrected chi connectivity index (χ3v) is 3.57. The summed E-state index contributed by atoms with van der Waals surface area (Å²) >= 11 is 0. The van der Waals surface area contributed by atoms with Crippen LogP contribution in [0.3, 0.4) is 0 Å². The van der Waals surface area contributed by atoms with Gasteiger partial charge in [0.05, 0.1) is 6.61 Å². The number of hydrogen-bond donors (Lipinski definition) is 1. The van der Waals surface area contributed by atoms with Gasteiger partial charge in [-0.2, -0.15) is 0 Å². The SMILES string of the molecule is CCOc1cc(C)c(CN2CCNCC2)c(C)c1. The summed E-state index contributed by atoms with van der Waals surface area (Å²) in [6, 6.07) is 4.32. The largest absolute Gasteiger partial charge is 0.494 e. The summed E-state index contributed by atoms with van der Waals surface area (Å²) in [6.45, 7) is 12.7. The van der Waals surface area contributed by atoms with Crippen molar-refractivity contribution in [1.29, 1.82) is 0 Å². The Hall–Kier alpha value is -1.06. The van der Waals surface area contributed by atoms with Crippen LogP contribution >= 0.6 is 0 Å². The molecule has 0 radical (unpaired) electrons. The molecule has 1 N–H and O–H groups in total. The summed E-state index contributed by atoms with van der Waals surface area (Å²) in [7, 11) is 0. The van der Waals surface area contributed by atoms with Crippen molar-refractivity contribution in [2.75, 3.05) is 32.8 Å². The molecule has 2 rings (SSSR count). The van der Waals surface area contributed by atoms with E-state index < -0.39 is 0 Å². The molecule has 100 valence electrons. The highest BCUT2D eigenvalue weighted by Gasteiger charge is 2.13. The van der Waals surface area contributed by atoms with Crippen molar-refractivity contribution in [3.8, 4) is 5.75 Å². The Kier molecular flexibility index (Phi) is 4.61. The zero-order valence-corrected chi connectivity index (χ0v) is 11.8. The third kappa shape index (κ3) is 3.24. The van der Waals surface area contributed by atoms with E-state index in [0.717, 1.165) is 45.1 Å². The van der Waals surface area contributed by atoms with E-state index in [-0.39, 0.29) is 0 Å². The van der Waals surface area contributed by atoms with Crippen molar-refractivity contribution in [3.05, 3.63) is 28.8 Å². The number of benzene rings is 1. The highest BCUT2D eigenvalue weighted by molar-refractivity contribution is 5.41. The molecule has 0 bridgehead atoms. The average molecular weight is 248 g/mol. The van der Waals surface area contributed by atoms with Crippen LogP contribution in [0, 0.1) is 13.8 Å². The van der Waals surface area contributed by atoms with Gasteiger partial charge >= 0.3 is 0 Å². The van der Waals surface area contributed by atoms with Crippen LogP contribution in [0.15, 0.2) is 12.1 Å². The van der Waals surface area contributed by atoms with Gasteiger partial charge in [0, 0.05) is 32.7 Å². The second-order valence-corrected chi connectivity index (χ2v) is 4.99. The fraction of sp³-hybridized carbons (Fsp3) is 0.600. The molecule has 1 aliphatic rings. The summed E-state index contributed by atoms with van der Waals surface area (Å²) < 4.78 is 5.59. The van der Waals surface area contributed by atoms with E-state index in [1.54, 1.807) is 0 Å². The highest BCUT2D eigenvalue weighted by atomic mass is 16.5. The molecular weight excluding hydrogens is 224 g/mol. The second-order valence-electron chi connectivity index (χ2n) is 4.99. The second kappa shape index (κ2) is 6.21. The van der Waals surface area contributed by atoms with Crippen LogP contribution in [-0.4, -0.2) is 37.7 Å². The molecule has 1 heterocycles. The predicted molar refractivity (Wildman–Crippen MR) is 75.2 cm³/mol. The average Bonchev–Trinajstić information content (AvgIpc) is 2.36. The highest BCUT2D eigenvalue weighted by Crippen LogP contribution is 2.23. The van der Waals surface area contributed by atoms with Crippen LogP contribution in [0.4, 0.5) is 0 Å². The lowest BCUT2D eigenvalue weighted by atomic mass is 10.0. The quantitative estimate of drug-likeness (QED) is 0.883. The van der Waals surface area contributed by atoms with E-state index in [1.807, 2.05) is 6.92 Å². The fourth-order valence-electron chi connectivity index (χ4n) is 2.55. The van der Waals surface area contributed by atoms with Gasteiger partial charge in [-0.15, -0.1) is 0 Å². The van der Waals surface area contributed by atoms with Gasteiger partial charge < -0.3 is 10.1 Å². The Morgan fingerprint density at radius 3 is 2.33 bits per heavy atom. The van der Waals surface area contributed by atoms with Gasteiger partial charge in [-0.1, -0.05) is 0 Å². The summed E-state index contributed by atoms with van der Waals surface area (Å²) in [5, 5.41) is 3.39. The maximum absolute atomic E-state index is 5.59. The summed E-state index contributed by atoms with van der Waals surface area (Å²) in [4.78, 5) is 2.52. The minimum Gasteiger partial charge on any atom is -0.494 e. The van der Waals surface area contributed by atoms with Gasteiger partial charge in [-0.25, -0.2) is 0 Å². The number of aryl methyl sites for hydroxylation is 2. The Balaban J connectivity index is 2.11. The van der Waals surface area contributed by atoms with E-state index in [9.17, 15) is 0 Å². The Labute approximate surface area is 110 Å². The van der Waals surface area contributed by atoms with Crippen LogP contribution < -0.4 is 10.1 Å². The first kappa shape index (κ1) is 13.4. The number of nitrogens with one attached hydrogen (secondary N) is 1. The van der Waals surface area contributed by atoms with E-state index in [0.29, 0.717) is 0 Å². The Bertz CT molecular complexity index is 374. The van der Waals surface area contributed by atoms with E-state index >= 15 is 0 Å². The standard InChI is InChI=1S/C15H24N2O/c1-4-18-14-9-12(2)15(13(3)10-14)11-17-7-5-16-6-8-17/h9-10,16H,4-8,11H2,1-3H3. The van der Waals surface area contributed by atoms with Gasteiger partial charge in [0.25, 0.3) is 0 Å². The number of nitrogens with zero attached hydrogens (tertiary/aromatic N) is 1. The van der Waals surface area contributed by atoms with Gasteiger partial charge in [0.2, 0.25) is 0 Å². The molecule has 0 aromatic heterocycles. The molecule has 0 unspecified atom stereocenters. The van der Waals surface area contributed by atoms with Crippen molar-refractivity contribution < 1.29 is 4.74 Å².